The zero-order valence-corrected chi connectivity index (χ0v) is 7.23. The number of fused-ring (bicyclic) bond motifs is 1. The quantitative estimate of drug-likeness (QED) is 0.612. The maximum absolute atomic E-state index is 5.77. The number of ether oxygens (including phenoxy) is 3. The van der Waals surface area contributed by atoms with Crippen molar-refractivity contribution in [1.82, 2.24) is 0 Å². The summed E-state index contributed by atoms with van der Waals surface area (Å²) in [5.74, 6) is 0. The highest BCUT2D eigenvalue weighted by atomic mass is 16.6. The van der Waals surface area contributed by atoms with Crippen molar-refractivity contribution in [1.29, 1.82) is 0 Å². The van der Waals surface area contributed by atoms with Crippen LogP contribution in [-0.4, -0.2) is 44.2 Å². The lowest BCUT2D eigenvalue weighted by Crippen LogP contribution is -2.37. The van der Waals surface area contributed by atoms with Crippen LogP contribution in [0.4, 0.5) is 0 Å². The summed E-state index contributed by atoms with van der Waals surface area (Å²) in [7, 11) is 0. The Bertz CT molecular complexity index is 164. The molecule has 0 aromatic carbocycles. The highest BCUT2D eigenvalue weighted by Crippen LogP contribution is 2.27. The Kier molecular flexibility index (Phi) is 2.32. The van der Waals surface area contributed by atoms with Gasteiger partial charge in [-0.3, -0.25) is 0 Å². The predicted molar refractivity (Wildman–Crippen MR) is 42.9 cm³/mol. The van der Waals surface area contributed by atoms with E-state index in [-0.39, 0.29) is 24.4 Å². The van der Waals surface area contributed by atoms with E-state index in [1.165, 1.54) is 0 Å². The average molecular weight is 173 g/mol. The minimum atomic E-state index is 0.0282. The largest absolute Gasteiger partial charge is 0.373 e. The molecule has 2 aliphatic heterocycles. The smallest absolute Gasteiger partial charge is 0.114 e. The van der Waals surface area contributed by atoms with Gasteiger partial charge in [0.2, 0.25) is 0 Å². The normalized spacial score (nSPS) is 46.5. The van der Waals surface area contributed by atoms with E-state index < -0.39 is 0 Å². The van der Waals surface area contributed by atoms with Crippen molar-refractivity contribution >= 4 is 0 Å². The maximum atomic E-state index is 5.77. The van der Waals surface area contributed by atoms with Crippen LogP contribution in [0.2, 0.25) is 0 Å². The van der Waals surface area contributed by atoms with Gasteiger partial charge in [0.25, 0.3) is 0 Å². The fourth-order valence-electron chi connectivity index (χ4n) is 1.85. The number of nitrogens with two attached hydrogens (primary N) is 1. The molecule has 2 aliphatic rings. The van der Waals surface area contributed by atoms with E-state index in [9.17, 15) is 0 Å². The summed E-state index contributed by atoms with van der Waals surface area (Å²) < 4.78 is 16.4. The molecule has 2 N–H and O–H groups in total. The summed E-state index contributed by atoms with van der Waals surface area (Å²) in [4.78, 5) is 0. The van der Waals surface area contributed by atoms with E-state index in [0.29, 0.717) is 19.8 Å². The zero-order valence-electron chi connectivity index (χ0n) is 7.23. The molecule has 4 unspecified atom stereocenters. The van der Waals surface area contributed by atoms with Crippen LogP contribution < -0.4 is 5.73 Å². The Hall–Kier alpha value is -0.160. The molecule has 2 saturated heterocycles. The molecule has 2 rings (SSSR count). The molecule has 0 aromatic heterocycles. The maximum Gasteiger partial charge on any atom is 0.114 e. The molecule has 12 heavy (non-hydrogen) atoms. The molecule has 0 radical (unpaired) electrons. The Morgan fingerprint density at radius 2 is 2.08 bits per heavy atom. The molecular weight excluding hydrogens is 158 g/mol. The van der Waals surface area contributed by atoms with Crippen LogP contribution in [0.5, 0.6) is 0 Å². The Balaban J connectivity index is 1.96. The van der Waals surface area contributed by atoms with Crippen molar-refractivity contribution in [3.05, 3.63) is 0 Å². The zero-order chi connectivity index (χ0) is 8.55. The average Bonchev–Trinajstić information content (AvgIpc) is 2.58. The van der Waals surface area contributed by atoms with Gasteiger partial charge in [-0.15, -0.1) is 0 Å². The Labute approximate surface area is 72.0 Å². The first-order valence-corrected chi connectivity index (χ1v) is 4.43. The lowest BCUT2D eigenvalue weighted by molar-refractivity contribution is -0.0265. The van der Waals surface area contributed by atoms with Crippen molar-refractivity contribution in [2.45, 2.75) is 31.3 Å². The first kappa shape index (κ1) is 8.44. The third kappa shape index (κ3) is 1.25. The van der Waals surface area contributed by atoms with Crippen molar-refractivity contribution < 1.29 is 14.2 Å². The van der Waals surface area contributed by atoms with E-state index in [2.05, 4.69) is 0 Å². The molecule has 0 spiro atoms. The fraction of sp³-hybridized carbons (Fsp3) is 1.00. The van der Waals surface area contributed by atoms with E-state index in [0.717, 1.165) is 0 Å². The van der Waals surface area contributed by atoms with E-state index >= 15 is 0 Å². The van der Waals surface area contributed by atoms with Gasteiger partial charge < -0.3 is 19.9 Å². The summed E-state index contributed by atoms with van der Waals surface area (Å²) in [5.41, 5.74) is 5.77. The van der Waals surface area contributed by atoms with Crippen LogP contribution in [0.25, 0.3) is 0 Å². The molecule has 4 atom stereocenters. The van der Waals surface area contributed by atoms with Crippen LogP contribution in [-0.2, 0) is 14.2 Å². The highest BCUT2D eigenvalue weighted by Gasteiger charge is 2.46. The van der Waals surface area contributed by atoms with Gasteiger partial charge in [-0.05, 0) is 6.92 Å². The molecule has 2 fully saturated rings. The summed E-state index contributed by atoms with van der Waals surface area (Å²) >= 11 is 0. The summed E-state index contributed by atoms with van der Waals surface area (Å²) in [5, 5.41) is 0. The molecule has 0 bridgehead atoms. The third-order valence-corrected chi connectivity index (χ3v) is 2.43. The molecule has 2 heterocycles. The molecule has 4 nitrogen and oxygen atoms in total. The SMILES string of the molecule is CCOC1COC2C(N)COC12. The first-order chi connectivity index (χ1) is 5.83. The van der Waals surface area contributed by atoms with Crippen molar-refractivity contribution in [3.63, 3.8) is 0 Å². The lowest BCUT2D eigenvalue weighted by atomic mass is 10.1. The summed E-state index contributed by atoms with van der Waals surface area (Å²) in [6.45, 7) is 3.90. The van der Waals surface area contributed by atoms with E-state index in [1.807, 2.05) is 6.92 Å². The summed E-state index contributed by atoms with van der Waals surface area (Å²) in [6, 6.07) is 0.0282. The summed E-state index contributed by atoms with van der Waals surface area (Å²) in [6.07, 6.45) is 0.218. The van der Waals surface area contributed by atoms with Gasteiger partial charge in [-0.1, -0.05) is 0 Å². The van der Waals surface area contributed by atoms with Gasteiger partial charge in [0.05, 0.1) is 19.3 Å². The van der Waals surface area contributed by atoms with Gasteiger partial charge in [0.1, 0.15) is 18.3 Å². The minimum Gasteiger partial charge on any atom is -0.373 e. The van der Waals surface area contributed by atoms with E-state index in [4.69, 9.17) is 19.9 Å². The van der Waals surface area contributed by atoms with Crippen LogP contribution in [0, 0.1) is 0 Å². The number of hydrogen-bond donors (Lipinski definition) is 1. The van der Waals surface area contributed by atoms with Gasteiger partial charge in [0.15, 0.2) is 0 Å². The monoisotopic (exact) mass is 173 g/mol. The fourth-order valence-corrected chi connectivity index (χ4v) is 1.85. The molecule has 70 valence electrons. The Morgan fingerprint density at radius 1 is 1.33 bits per heavy atom. The molecular formula is C8H15NO3. The number of rotatable bonds is 2. The molecule has 0 saturated carbocycles. The number of hydrogen-bond acceptors (Lipinski definition) is 4. The Morgan fingerprint density at radius 3 is 2.83 bits per heavy atom. The van der Waals surface area contributed by atoms with Gasteiger partial charge in [-0.2, -0.15) is 0 Å². The molecule has 0 amide bonds. The van der Waals surface area contributed by atoms with Gasteiger partial charge in [-0.25, -0.2) is 0 Å². The highest BCUT2D eigenvalue weighted by molar-refractivity contribution is 4.96. The molecule has 0 aliphatic carbocycles. The van der Waals surface area contributed by atoms with E-state index in [1.54, 1.807) is 0 Å². The van der Waals surface area contributed by atoms with Crippen LogP contribution in [0.3, 0.4) is 0 Å². The van der Waals surface area contributed by atoms with Crippen molar-refractivity contribution in [2.24, 2.45) is 5.73 Å². The van der Waals surface area contributed by atoms with Gasteiger partial charge in [0, 0.05) is 6.61 Å². The molecule has 4 heteroatoms. The predicted octanol–water partition coefficient (Wildman–Crippen LogP) is -0.484. The topological polar surface area (TPSA) is 53.7 Å². The van der Waals surface area contributed by atoms with Gasteiger partial charge >= 0.3 is 0 Å². The second-order valence-corrected chi connectivity index (χ2v) is 3.25. The van der Waals surface area contributed by atoms with Crippen molar-refractivity contribution in [3.8, 4) is 0 Å². The molecule has 0 aromatic rings. The minimum absolute atomic E-state index is 0.0282. The second-order valence-electron chi connectivity index (χ2n) is 3.25. The van der Waals surface area contributed by atoms with Crippen LogP contribution >= 0.6 is 0 Å². The standard InChI is InChI=1S/C8H15NO3/c1-2-10-6-4-12-7-5(9)3-11-8(6)7/h5-8H,2-4,9H2,1H3. The first-order valence-electron chi connectivity index (χ1n) is 4.43. The van der Waals surface area contributed by atoms with Crippen molar-refractivity contribution in [2.75, 3.05) is 19.8 Å². The van der Waals surface area contributed by atoms with Crippen LogP contribution in [0.1, 0.15) is 6.92 Å². The lowest BCUT2D eigenvalue weighted by Gasteiger charge is -2.15. The van der Waals surface area contributed by atoms with Crippen LogP contribution in [0.15, 0.2) is 0 Å². The second kappa shape index (κ2) is 3.30. The third-order valence-electron chi connectivity index (χ3n) is 2.43.